The van der Waals surface area contributed by atoms with Gasteiger partial charge in [0.15, 0.2) is 0 Å². The number of nitrogen functional groups attached to an aromatic ring is 1. The molecule has 0 bridgehead atoms. The number of nitrogens with zero attached hydrogens (tertiary/aromatic N) is 1. The Bertz CT molecular complexity index is 660. The van der Waals surface area contributed by atoms with Crippen LogP contribution in [0, 0.1) is 5.82 Å². The standard InChI is InChI=1S/C13H12BrFN2O2S/c1-17(5-8-2-7(14)6-20-8)12-3-9(13(18)19)11(16)4-10(12)15/h2-4,6H,5,16H2,1H3,(H,18,19). The molecule has 0 saturated carbocycles. The van der Waals surface area contributed by atoms with Crippen molar-refractivity contribution in [2.24, 2.45) is 0 Å². The van der Waals surface area contributed by atoms with Gasteiger partial charge in [-0.3, -0.25) is 0 Å². The summed E-state index contributed by atoms with van der Waals surface area (Å²) in [7, 11) is 1.70. The summed E-state index contributed by atoms with van der Waals surface area (Å²) in [4.78, 5) is 13.7. The number of thiophene rings is 1. The summed E-state index contributed by atoms with van der Waals surface area (Å²) in [6.07, 6.45) is 0. The Hall–Kier alpha value is -1.60. The molecule has 0 radical (unpaired) electrons. The van der Waals surface area contributed by atoms with Gasteiger partial charge in [0.05, 0.1) is 17.8 Å². The first-order valence-electron chi connectivity index (χ1n) is 5.65. The van der Waals surface area contributed by atoms with Crippen LogP contribution < -0.4 is 10.6 Å². The third kappa shape index (κ3) is 3.10. The van der Waals surface area contributed by atoms with Gasteiger partial charge in [0.25, 0.3) is 0 Å². The average molecular weight is 359 g/mol. The van der Waals surface area contributed by atoms with E-state index in [-0.39, 0.29) is 16.9 Å². The molecule has 0 amide bonds. The van der Waals surface area contributed by atoms with E-state index < -0.39 is 11.8 Å². The summed E-state index contributed by atoms with van der Waals surface area (Å²) in [6, 6.07) is 4.24. The van der Waals surface area contributed by atoms with Crippen LogP contribution in [0.4, 0.5) is 15.8 Å². The Morgan fingerprint density at radius 1 is 1.50 bits per heavy atom. The van der Waals surface area contributed by atoms with Crippen LogP contribution in [-0.2, 0) is 6.54 Å². The van der Waals surface area contributed by atoms with Gasteiger partial charge in [0.2, 0.25) is 0 Å². The predicted octanol–water partition coefficient (Wildman–Crippen LogP) is 3.57. The molecule has 0 spiro atoms. The zero-order valence-corrected chi connectivity index (χ0v) is 13.0. The second-order valence-electron chi connectivity index (χ2n) is 4.28. The summed E-state index contributed by atoms with van der Waals surface area (Å²) in [5.41, 5.74) is 5.54. The van der Waals surface area contributed by atoms with E-state index in [1.165, 1.54) is 6.07 Å². The minimum absolute atomic E-state index is 0.0778. The van der Waals surface area contributed by atoms with Gasteiger partial charge >= 0.3 is 5.97 Å². The highest BCUT2D eigenvalue weighted by atomic mass is 79.9. The lowest BCUT2D eigenvalue weighted by Crippen LogP contribution is -2.18. The number of hydrogen-bond acceptors (Lipinski definition) is 4. The van der Waals surface area contributed by atoms with Gasteiger partial charge in [-0.2, -0.15) is 0 Å². The van der Waals surface area contributed by atoms with Crippen molar-refractivity contribution in [2.75, 3.05) is 17.7 Å². The number of carboxylic acids is 1. The summed E-state index contributed by atoms with van der Waals surface area (Å²) in [5.74, 6) is -1.71. The van der Waals surface area contributed by atoms with Gasteiger partial charge in [-0.1, -0.05) is 0 Å². The zero-order chi connectivity index (χ0) is 14.9. The maximum Gasteiger partial charge on any atom is 0.337 e. The number of benzene rings is 1. The molecule has 0 fully saturated rings. The van der Waals surface area contributed by atoms with Crippen molar-refractivity contribution >= 4 is 44.6 Å². The molecule has 4 nitrogen and oxygen atoms in total. The summed E-state index contributed by atoms with van der Waals surface area (Å²) < 4.78 is 14.9. The number of carbonyl (C=O) groups is 1. The molecule has 2 rings (SSSR count). The van der Waals surface area contributed by atoms with Crippen molar-refractivity contribution in [2.45, 2.75) is 6.54 Å². The molecule has 0 atom stereocenters. The Balaban J connectivity index is 2.31. The third-order valence-corrected chi connectivity index (χ3v) is 4.46. The average Bonchev–Trinajstić information content (AvgIpc) is 2.74. The summed E-state index contributed by atoms with van der Waals surface area (Å²) in [6.45, 7) is 0.482. The molecule has 1 aromatic heterocycles. The number of nitrogens with two attached hydrogens (primary N) is 1. The number of aromatic carboxylic acids is 1. The Morgan fingerprint density at radius 3 is 2.75 bits per heavy atom. The van der Waals surface area contributed by atoms with Crippen LogP contribution in [0.2, 0.25) is 0 Å². The molecule has 7 heteroatoms. The number of halogens is 2. The molecule has 2 aromatic rings. The predicted molar refractivity (Wildman–Crippen MR) is 81.9 cm³/mol. The highest BCUT2D eigenvalue weighted by Crippen LogP contribution is 2.28. The van der Waals surface area contributed by atoms with E-state index in [0.29, 0.717) is 6.54 Å². The lowest BCUT2D eigenvalue weighted by molar-refractivity contribution is 0.0698. The lowest BCUT2D eigenvalue weighted by Gasteiger charge is -2.20. The van der Waals surface area contributed by atoms with Gasteiger partial charge in [0.1, 0.15) is 5.82 Å². The van der Waals surface area contributed by atoms with Gasteiger partial charge in [0, 0.05) is 27.5 Å². The van der Waals surface area contributed by atoms with Crippen molar-refractivity contribution in [3.63, 3.8) is 0 Å². The van der Waals surface area contributed by atoms with Crippen molar-refractivity contribution in [3.8, 4) is 0 Å². The SMILES string of the molecule is CN(Cc1cc(Br)cs1)c1cc(C(=O)O)c(N)cc1F. The Morgan fingerprint density at radius 2 is 2.20 bits per heavy atom. The highest BCUT2D eigenvalue weighted by Gasteiger charge is 2.16. The van der Waals surface area contributed by atoms with Crippen LogP contribution in [-0.4, -0.2) is 18.1 Å². The smallest absolute Gasteiger partial charge is 0.337 e. The number of hydrogen-bond donors (Lipinski definition) is 2. The molecule has 0 saturated heterocycles. The maximum absolute atomic E-state index is 13.9. The van der Waals surface area contributed by atoms with Crippen molar-refractivity contribution in [1.29, 1.82) is 0 Å². The van der Waals surface area contributed by atoms with E-state index in [1.807, 2.05) is 11.4 Å². The van der Waals surface area contributed by atoms with Crippen molar-refractivity contribution < 1.29 is 14.3 Å². The second kappa shape index (κ2) is 5.80. The van der Waals surface area contributed by atoms with Crippen molar-refractivity contribution in [1.82, 2.24) is 0 Å². The van der Waals surface area contributed by atoms with Crippen LogP contribution in [0.5, 0.6) is 0 Å². The summed E-state index contributed by atoms with van der Waals surface area (Å²) in [5, 5.41) is 11.0. The van der Waals surface area contributed by atoms with E-state index in [4.69, 9.17) is 10.8 Å². The molecule has 106 valence electrons. The van der Waals surface area contributed by atoms with Crippen molar-refractivity contribution in [3.05, 3.63) is 44.3 Å². The van der Waals surface area contributed by atoms with Crippen LogP contribution in [0.15, 0.2) is 28.1 Å². The molecular formula is C13H12BrFN2O2S. The first-order valence-corrected chi connectivity index (χ1v) is 7.32. The molecule has 1 heterocycles. The first-order chi connectivity index (χ1) is 9.38. The third-order valence-electron chi connectivity index (χ3n) is 2.78. The van der Waals surface area contributed by atoms with Gasteiger partial charge in [-0.25, -0.2) is 9.18 Å². The maximum atomic E-state index is 13.9. The fourth-order valence-electron chi connectivity index (χ4n) is 1.81. The summed E-state index contributed by atoms with van der Waals surface area (Å²) >= 11 is 4.90. The fraction of sp³-hybridized carbons (Fsp3) is 0.154. The van der Waals surface area contributed by atoms with E-state index >= 15 is 0 Å². The minimum atomic E-state index is -1.17. The quantitative estimate of drug-likeness (QED) is 0.820. The fourth-order valence-corrected chi connectivity index (χ4v) is 3.31. The Kier molecular flexibility index (Phi) is 4.29. The van der Waals surface area contributed by atoms with E-state index in [9.17, 15) is 9.18 Å². The van der Waals surface area contributed by atoms with Crippen LogP contribution in [0.25, 0.3) is 0 Å². The minimum Gasteiger partial charge on any atom is -0.478 e. The van der Waals surface area contributed by atoms with Gasteiger partial charge in [-0.15, -0.1) is 11.3 Å². The van der Waals surface area contributed by atoms with Gasteiger partial charge in [-0.05, 0) is 34.1 Å². The molecule has 1 aromatic carbocycles. The molecule has 20 heavy (non-hydrogen) atoms. The monoisotopic (exact) mass is 358 g/mol. The zero-order valence-electron chi connectivity index (χ0n) is 10.6. The van der Waals surface area contributed by atoms with E-state index in [1.54, 1.807) is 23.3 Å². The van der Waals surface area contributed by atoms with Crippen LogP contribution in [0.1, 0.15) is 15.2 Å². The molecular weight excluding hydrogens is 347 g/mol. The highest BCUT2D eigenvalue weighted by molar-refractivity contribution is 9.10. The topological polar surface area (TPSA) is 66.6 Å². The molecule has 0 aliphatic carbocycles. The number of anilines is 2. The molecule has 0 aliphatic heterocycles. The Labute approximate surface area is 127 Å². The largest absolute Gasteiger partial charge is 0.478 e. The second-order valence-corrected chi connectivity index (χ2v) is 6.19. The molecule has 0 unspecified atom stereocenters. The number of rotatable bonds is 4. The normalized spacial score (nSPS) is 10.6. The molecule has 3 N–H and O–H groups in total. The van der Waals surface area contributed by atoms with Gasteiger partial charge < -0.3 is 15.7 Å². The number of carboxylic acid groups (broad SMARTS) is 1. The van der Waals surface area contributed by atoms with E-state index in [2.05, 4.69) is 15.9 Å². The molecule has 0 aliphatic rings. The lowest BCUT2D eigenvalue weighted by atomic mass is 10.1. The van der Waals surface area contributed by atoms with Crippen LogP contribution >= 0.6 is 27.3 Å². The van der Waals surface area contributed by atoms with E-state index in [0.717, 1.165) is 15.4 Å². The van der Waals surface area contributed by atoms with Crippen LogP contribution in [0.3, 0.4) is 0 Å². The first kappa shape index (κ1) is 14.8.